The van der Waals surface area contributed by atoms with E-state index in [1.165, 1.54) is 0 Å². The summed E-state index contributed by atoms with van der Waals surface area (Å²) in [4.78, 5) is 11.9. The monoisotopic (exact) mass is 262 g/mol. The number of nitrogens with one attached hydrogen (secondary N) is 1. The molecule has 1 atom stereocenters. The molecule has 1 aliphatic rings. The molecule has 98 valence electrons. The van der Waals surface area contributed by atoms with Crippen molar-refractivity contribution in [2.24, 2.45) is 0 Å². The van der Waals surface area contributed by atoms with Crippen molar-refractivity contribution in [3.63, 3.8) is 0 Å². The lowest BCUT2D eigenvalue weighted by atomic mass is 9.80. The first-order chi connectivity index (χ1) is 9.76. The lowest BCUT2D eigenvalue weighted by Crippen LogP contribution is -2.33. The van der Waals surface area contributed by atoms with Crippen molar-refractivity contribution in [2.75, 3.05) is 6.54 Å². The average Bonchev–Trinajstić information content (AvgIpc) is 2.90. The maximum atomic E-state index is 11.9. The molecule has 0 aromatic heterocycles. The highest BCUT2D eigenvalue weighted by atomic mass is 16.2. The molecule has 1 saturated heterocycles. The molecule has 1 aliphatic heterocycles. The normalized spacial score (nSPS) is 21.2. The second-order valence-corrected chi connectivity index (χ2v) is 4.97. The van der Waals surface area contributed by atoms with Crippen molar-refractivity contribution in [1.29, 1.82) is 5.26 Å². The molecule has 1 amide bonds. The summed E-state index contributed by atoms with van der Waals surface area (Å²) in [7, 11) is 0. The van der Waals surface area contributed by atoms with Crippen LogP contribution in [0.2, 0.25) is 0 Å². The molecule has 3 heteroatoms. The predicted octanol–water partition coefficient (Wildman–Crippen LogP) is 2.63. The summed E-state index contributed by atoms with van der Waals surface area (Å²) >= 11 is 0. The fraction of sp³-hybridized carbons (Fsp3) is 0.176. The van der Waals surface area contributed by atoms with E-state index >= 15 is 0 Å². The van der Waals surface area contributed by atoms with Gasteiger partial charge in [0.15, 0.2) is 5.41 Å². The van der Waals surface area contributed by atoms with Gasteiger partial charge in [0.1, 0.15) is 0 Å². The zero-order valence-corrected chi connectivity index (χ0v) is 11.0. The van der Waals surface area contributed by atoms with Crippen molar-refractivity contribution < 1.29 is 4.79 Å². The zero-order chi connectivity index (χ0) is 14.0. The minimum atomic E-state index is -1.02. The van der Waals surface area contributed by atoms with Gasteiger partial charge in [-0.05, 0) is 23.1 Å². The van der Waals surface area contributed by atoms with Crippen molar-refractivity contribution in [3.8, 4) is 17.2 Å². The van der Waals surface area contributed by atoms with Gasteiger partial charge in [-0.2, -0.15) is 5.26 Å². The van der Waals surface area contributed by atoms with Crippen LogP contribution in [0.3, 0.4) is 0 Å². The first-order valence-corrected chi connectivity index (χ1v) is 6.62. The van der Waals surface area contributed by atoms with Crippen molar-refractivity contribution in [3.05, 3.63) is 60.2 Å². The zero-order valence-electron chi connectivity index (χ0n) is 11.0. The minimum absolute atomic E-state index is 0.188. The van der Waals surface area contributed by atoms with Crippen LogP contribution < -0.4 is 5.32 Å². The van der Waals surface area contributed by atoms with Gasteiger partial charge in [0.25, 0.3) is 0 Å². The minimum Gasteiger partial charge on any atom is -0.354 e. The number of nitrogens with zero attached hydrogens (tertiary/aromatic N) is 1. The topological polar surface area (TPSA) is 52.9 Å². The largest absolute Gasteiger partial charge is 0.354 e. The maximum absolute atomic E-state index is 11.9. The summed E-state index contributed by atoms with van der Waals surface area (Å²) in [5.41, 5.74) is 1.96. The number of amides is 1. The Kier molecular flexibility index (Phi) is 3.00. The summed E-state index contributed by atoms with van der Waals surface area (Å²) in [6.07, 6.45) is 0.535. The van der Waals surface area contributed by atoms with E-state index < -0.39 is 5.41 Å². The molecular formula is C17H14N2O. The lowest BCUT2D eigenvalue weighted by molar-refractivity contribution is -0.122. The van der Waals surface area contributed by atoms with E-state index in [2.05, 4.69) is 11.4 Å². The number of rotatable bonds is 2. The predicted molar refractivity (Wildman–Crippen MR) is 76.8 cm³/mol. The molecule has 0 spiro atoms. The standard InChI is InChI=1S/C17H14N2O/c18-12-17(10-11-19-16(17)20)15-8-6-14(7-9-15)13-4-2-1-3-5-13/h1-9H,10-11H2,(H,19,20). The Morgan fingerprint density at radius 3 is 2.20 bits per heavy atom. The number of hydrogen-bond donors (Lipinski definition) is 1. The van der Waals surface area contributed by atoms with E-state index in [1.807, 2.05) is 54.6 Å². The van der Waals surface area contributed by atoms with Crippen LogP contribution in [-0.4, -0.2) is 12.5 Å². The second-order valence-electron chi connectivity index (χ2n) is 4.97. The van der Waals surface area contributed by atoms with E-state index in [-0.39, 0.29) is 5.91 Å². The number of nitriles is 1. The molecule has 3 rings (SSSR count). The smallest absolute Gasteiger partial charge is 0.245 e. The van der Waals surface area contributed by atoms with Crippen molar-refractivity contribution in [2.45, 2.75) is 11.8 Å². The third-order valence-corrected chi connectivity index (χ3v) is 3.85. The SMILES string of the molecule is N#CC1(c2ccc(-c3ccccc3)cc2)CCNC1=O. The van der Waals surface area contributed by atoms with Crippen molar-refractivity contribution >= 4 is 5.91 Å². The molecule has 1 unspecified atom stereocenters. The molecule has 3 nitrogen and oxygen atoms in total. The summed E-state index contributed by atoms with van der Waals surface area (Å²) in [6, 6.07) is 19.9. The summed E-state index contributed by atoms with van der Waals surface area (Å²) in [5.74, 6) is -0.188. The Bertz CT molecular complexity index is 670. The molecule has 1 heterocycles. The van der Waals surface area contributed by atoms with Crippen LogP contribution >= 0.6 is 0 Å². The average molecular weight is 262 g/mol. The number of carbonyl (C=O) groups is 1. The number of carbonyl (C=O) groups excluding carboxylic acids is 1. The fourth-order valence-electron chi connectivity index (χ4n) is 2.65. The van der Waals surface area contributed by atoms with Gasteiger partial charge in [0.2, 0.25) is 5.91 Å². The van der Waals surface area contributed by atoms with E-state index in [0.717, 1.165) is 16.7 Å². The second kappa shape index (κ2) is 4.82. The van der Waals surface area contributed by atoms with Gasteiger partial charge < -0.3 is 5.32 Å². The summed E-state index contributed by atoms with van der Waals surface area (Å²) < 4.78 is 0. The van der Waals surface area contributed by atoms with E-state index in [1.54, 1.807) is 0 Å². The van der Waals surface area contributed by atoms with Gasteiger partial charge in [0.05, 0.1) is 6.07 Å². The number of hydrogen-bond acceptors (Lipinski definition) is 2. The highest BCUT2D eigenvalue weighted by molar-refractivity contribution is 5.93. The van der Waals surface area contributed by atoms with E-state index in [0.29, 0.717) is 13.0 Å². The van der Waals surface area contributed by atoms with Crippen LogP contribution in [0.1, 0.15) is 12.0 Å². The molecule has 0 bridgehead atoms. The Labute approximate surface area is 117 Å². The first-order valence-electron chi connectivity index (χ1n) is 6.62. The van der Waals surface area contributed by atoms with Crippen molar-refractivity contribution in [1.82, 2.24) is 5.32 Å². The first kappa shape index (κ1) is 12.4. The fourth-order valence-corrected chi connectivity index (χ4v) is 2.65. The van der Waals surface area contributed by atoms with Crippen LogP contribution in [0.25, 0.3) is 11.1 Å². The highest BCUT2D eigenvalue weighted by Gasteiger charge is 2.44. The molecule has 2 aromatic carbocycles. The highest BCUT2D eigenvalue weighted by Crippen LogP contribution is 2.32. The van der Waals surface area contributed by atoms with Crippen LogP contribution in [0.4, 0.5) is 0 Å². The Morgan fingerprint density at radius 2 is 1.65 bits per heavy atom. The summed E-state index contributed by atoms with van der Waals surface area (Å²) in [6.45, 7) is 0.562. The quantitative estimate of drug-likeness (QED) is 0.904. The molecule has 0 aliphatic carbocycles. The molecule has 0 radical (unpaired) electrons. The lowest BCUT2D eigenvalue weighted by Gasteiger charge is -2.18. The Morgan fingerprint density at radius 1 is 1.00 bits per heavy atom. The third kappa shape index (κ3) is 1.86. The van der Waals surface area contributed by atoms with Gasteiger partial charge in [0, 0.05) is 6.54 Å². The van der Waals surface area contributed by atoms with E-state index in [9.17, 15) is 10.1 Å². The molecule has 1 N–H and O–H groups in total. The third-order valence-electron chi connectivity index (χ3n) is 3.85. The molecule has 20 heavy (non-hydrogen) atoms. The Hall–Kier alpha value is -2.60. The van der Waals surface area contributed by atoms with E-state index in [4.69, 9.17) is 0 Å². The molecule has 2 aromatic rings. The Balaban J connectivity index is 1.98. The van der Waals surface area contributed by atoms with Crippen LogP contribution in [0.15, 0.2) is 54.6 Å². The molecular weight excluding hydrogens is 248 g/mol. The van der Waals surface area contributed by atoms with Gasteiger partial charge in [-0.25, -0.2) is 0 Å². The van der Waals surface area contributed by atoms with Gasteiger partial charge >= 0.3 is 0 Å². The van der Waals surface area contributed by atoms with Gasteiger partial charge in [-0.3, -0.25) is 4.79 Å². The van der Waals surface area contributed by atoms with Gasteiger partial charge in [-0.1, -0.05) is 54.6 Å². The van der Waals surface area contributed by atoms with Crippen LogP contribution in [-0.2, 0) is 10.2 Å². The summed E-state index contributed by atoms with van der Waals surface area (Å²) in [5, 5.41) is 12.2. The maximum Gasteiger partial charge on any atom is 0.245 e. The molecule has 0 saturated carbocycles. The van der Waals surface area contributed by atoms with Crippen LogP contribution in [0.5, 0.6) is 0 Å². The number of benzene rings is 2. The van der Waals surface area contributed by atoms with Gasteiger partial charge in [-0.15, -0.1) is 0 Å². The van der Waals surface area contributed by atoms with Crippen LogP contribution in [0, 0.1) is 11.3 Å². The molecule has 1 fully saturated rings.